The van der Waals surface area contributed by atoms with Crippen LogP contribution in [0.4, 0.5) is 5.82 Å². The molecule has 1 aliphatic heterocycles. The van der Waals surface area contributed by atoms with E-state index >= 15 is 0 Å². The van der Waals surface area contributed by atoms with Crippen molar-refractivity contribution in [3.8, 4) is 6.07 Å². The lowest BCUT2D eigenvalue weighted by atomic mass is 10.1. The highest BCUT2D eigenvalue weighted by molar-refractivity contribution is 5.81. The first kappa shape index (κ1) is 18.2. The summed E-state index contributed by atoms with van der Waals surface area (Å²) < 4.78 is 0. The highest BCUT2D eigenvalue weighted by Crippen LogP contribution is 2.20. The number of aryl methyl sites for hydroxylation is 1. The van der Waals surface area contributed by atoms with E-state index in [9.17, 15) is 4.79 Å². The molecule has 0 unspecified atom stereocenters. The van der Waals surface area contributed by atoms with Crippen molar-refractivity contribution in [3.63, 3.8) is 0 Å². The van der Waals surface area contributed by atoms with Gasteiger partial charge in [0.1, 0.15) is 5.82 Å². The van der Waals surface area contributed by atoms with Gasteiger partial charge in [0.15, 0.2) is 0 Å². The largest absolute Gasteiger partial charge is 0.370 e. The molecule has 0 aromatic carbocycles. The first-order valence-corrected chi connectivity index (χ1v) is 8.54. The molecule has 2 rings (SSSR count). The quantitative estimate of drug-likeness (QED) is 0.827. The fraction of sp³-hybridized carbons (Fsp3) is 0.611. The normalized spacial score (nSPS) is 18.8. The van der Waals surface area contributed by atoms with E-state index in [-0.39, 0.29) is 11.9 Å². The molecule has 1 saturated heterocycles. The number of nitrogens with zero attached hydrogens (tertiary/aromatic N) is 4. The van der Waals surface area contributed by atoms with Gasteiger partial charge in [-0.2, -0.15) is 5.26 Å². The van der Waals surface area contributed by atoms with Crippen molar-refractivity contribution in [2.75, 3.05) is 38.5 Å². The number of carbonyl (C=O) groups is 1. The van der Waals surface area contributed by atoms with Gasteiger partial charge in [0.2, 0.25) is 5.91 Å². The number of carbonyl (C=O) groups excluding carboxylic acids is 1. The molecule has 6 heteroatoms. The Kier molecular flexibility index (Phi) is 6.56. The Morgan fingerprint density at radius 2 is 2.38 bits per heavy atom. The van der Waals surface area contributed by atoms with Crippen molar-refractivity contribution in [2.45, 2.75) is 32.7 Å². The van der Waals surface area contributed by atoms with Crippen LogP contribution in [0, 0.1) is 24.2 Å². The third-order valence-corrected chi connectivity index (χ3v) is 4.62. The molecule has 1 N–H and O–H groups in total. The first-order valence-electron chi connectivity index (χ1n) is 8.54. The standard InChI is InChI=1S/C18H27N5O/c1-14-6-4-7-17(21-14)20-12-16-8-11-23(13-16)15(2)18(24)22(3)10-5-9-19/h4,6-7,15-16H,5,8,10-13H2,1-3H3,(H,20,21)/t15-,16+/m0/s1. The smallest absolute Gasteiger partial charge is 0.239 e. The van der Waals surface area contributed by atoms with Gasteiger partial charge >= 0.3 is 0 Å². The third kappa shape index (κ3) is 4.93. The molecule has 0 spiro atoms. The molecule has 6 nitrogen and oxygen atoms in total. The van der Waals surface area contributed by atoms with Crippen molar-refractivity contribution in [1.82, 2.24) is 14.8 Å². The topological polar surface area (TPSA) is 72.3 Å². The second-order valence-electron chi connectivity index (χ2n) is 6.54. The number of rotatable bonds is 7. The van der Waals surface area contributed by atoms with Gasteiger partial charge in [0, 0.05) is 32.4 Å². The first-order chi connectivity index (χ1) is 11.5. The number of likely N-dealkylation sites (tertiary alicyclic amines) is 1. The average molecular weight is 329 g/mol. The fourth-order valence-corrected chi connectivity index (χ4v) is 3.07. The zero-order chi connectivity index (χ0) is 17.5. The minimum atomic E-state index is -0.129. The van der Waals surface area contributed by atoms with Gasteiger partial charge in [-0.25, -0.2) is 4.98 Å². The van der Waals surface area contributed by atoms with Crippen molar-refractivity contribution in [3.05, 3.63) is 23.9 Å². The van der Waals surface area contributed by atoms with E-state index in [0.29, 0.717) is 18.9 Å². The summed E-state index contributed by atoms with van der Waals surface area (Å²) in [6.07, 6.45) is 1.46. The van der Waals surface area contributed by atoms with E-state index in [0.717, 1.165) is 37.6 Å². The number of hydrogen-bond donors (Lipinski definition) is 1. The monoisotopic (exact) mass is 329 g/mol. The van der Waals surface area contributed by atoms with E-state index in [1.807, 2.05) is 32.0 Å². The van der Waals surface area contributed by atoms with E-state index in [2.05, 4.69) is 21.3 Å². The van der Waals surface area contributed by atoms with Gasteiger partial charge in [-0.1, -0.05) is 6.07 Å². The van der Waals surface area contributed by atoms with Crippen LogP contribution in [0.1, 0.15) is 25.5 Å². The molecule has 2 heterocycles. The van der Waals surface area contributed by atoms with Crippen molar-refractivity contribution in [1.29, 1.82) is 5.26 Å². The second kappa shape index (κ2) is 8.65. The van der Waals surface area contributed by atoms with Gasteiger partial charge in [-0.15, -0.1) is 0 Å². The van der Waals surface area contributed by atoms with Crippen molar-refractivity contribution in [2.24, 2.45) is 5.92 Å². The average Bonchev–Trinajstić information content (AvgIpc) is 3.05. The number of pyridine rings is 1. The molecule has 0 saturated carbocycles. The lowest BCUT2D eigenvalue weighted by molar-refractivity contribution is -0.134. The number of hydrogen-bond acceptors (Lipinski definition) is 5. The molecule has 1 fully saturated rings. The molecule has 130 valence electrons. The number of amides is 1. The highest BCUT2D eigenvalue weighted by atomic mass is 16.2. The van der Waals surface area contributed by atoms with E-state index in [4.69, 9.17) is 5.26 Å². The van der Waals surface area contributed by atoms with Gasteiger partial charge < -0.3 is 10.2 Å². The summed E-state index contributed by atoms with van der Waals surface area (Å²) >= 11 is 0. The van der Waals surface area contributed by atoms with Crippen LogP contribution in [0.3, 0.4) is 0 Å². The minimum absolute atomic E-state index is 0.0965. The fourth-order valence-electron chi connectivity index (χ4n) is 3.07. The lowest BCUT2D eigenvalue weighted by Gasteiger charge is -2.27. The van der Waals surface area contributed by atoms with Crippen LogP contribution in [0.5, 0.6) is 0 Å². The number of aromatic nitrogens is 1. The Labute approximate surface area is 144 Å². The summed E-state index contributed by atoms with van der Waals surface area (Å²) in [5.41, 5.74) is 1.01. The summed E-state index contributed by atoms with van der Waals surface area (Å²) in [7, 11) is 1.77. The Morgan fingerprint density at radius 1 is 1.58 bits per heavy atom. The van der Waals surface area contributed by atoms with Crippen LogP contribution in [0.25, 0.3) is 0 Å². The maximum absolute atomic E-state index is 12.4. The van der Waals surface area contributed by atoms with E-state index < -0.39 is 0 Å². The number of nitrogens with one attached hydrogen (secondary N) is 1. The SMILES string of the molecule is Cc1cccc(NC[C@H]2CCN([C@@H](C)C(=O)N(C)CCC#N)C2)n1. The van der Waals surface area contributed by atoms with Crippen LogP contribution in [0.2, 0.25) is 0 Å². The summed E-state index contributed by atoms with van der Waals surface area (Å²) in [4.78, 5) is 20.8. The summed E-state index contributed by atoms with van der Waals surface area (Å²) in [6.45, 7) is 7.17. The molecular weight excluding hydrogens is 302 g/mol. The molecule has 0 bridgehead atoms. The maximum atomic E-state index is 12.4. The third-order valence-electron chi connectivity index (χ3n) is 4.62. The summed E-state index contributed by atoms with van der Waals surface area (Å²) in [5, 5.41) is 12.0. The van der Waals surface area contributed by atoms with E-state index in [1.165, 1.54) is 0 Å². The minimum Gasteiger partial charge on any atom is -0.370 e. The lowest BCUT2D eigenvalue weighted by Crippen LogP contribution is -2.45. The predicted molar refractivity (Wildman–Crippen MR) is 94.5 cm³/mol. The van der Waals surface area contributed by atoms with E-state index in [1.54, 1.807) is 11.9 Å². The zero-order valence-electron chi connectivity index (χ0n) is 14.8. The van der Waals surface area contributed by atoms with Gasteiger partial charge in [0.25, 0.3) is 0 Å². The highest BCUT2D eigenvalue weighted by Gasteiger charge is 2.30. The Balaban J connectivity index is 1.79. The van der Waals surface area contributed by atoms with Gasteiger partial charge in [0.05, 0.1) is 18.5 Å². The van der Waals surface area contributed by atoms with Crippen molar-refractivity contribution < 1.29 is 4.79 Å². The van der Waals surface area contributed by atoms with Crippen LogP contribution in [-0.4, -0.2) is 60.0 Å². The van der Waals surface area contributed by atoms with Crippen molar-refractivity contribution >= 4 is 11.7 Å². The molecular formula is C18H27N5O. The molecule has 1 aromatic rings. The molecule has 0 aliphatic carbocycles. The number of likely N-dealkylation sites (N-methyl/N-ethyl adjacent to an activating group) is 1. The molecule has 2 atom stereocenters. The van der Waals surface area contributed by atoms with Gasteiger partial charge in [-0.3, -0.25) is 9.69 Å². The Bertz CT molecular complexity index is 597. The van der Waals surface area contributed by atoms with Crippen LogP contribution >= 0.6 is 0 Å². The summed E-state index contributed by atoms with van der Waals surface area (Å²) in [6, 6.07) is 7.92. The number of nitriles is 1. The molecule has 1 amide bonds. The molecule has 1 aromatic heterocycles. The van der Waals surface area contributed by atoms with Crippen LogP contribution in [0.15, 0.2) is 18.2 Å². The number of anilines is 1. The second-order valence-corrected chi connectivity index (χ2v) is 6.54. The molecule has 24 heavy (non-hydrogen) atoms. The molecule has 0 radical (unpaired) electrons. The Morgan fingerprint density at radius 3 is 3.08 bits per heavy atom. The predicted octanol–water partition coefficient (Wildman–Crippen LogP) is 1.88. The summed E-state index contributed by atoms with van der Waals surface area (Å²) in [5.74, 6) is 1.53. The van der Waals surface area contributed by atoms with Crippen LogP contribution in [-0.2, 0) is 4.79 Å². The van der Waals surface area contributed by atoms with Gasteiger partial charge in [-0.05, 0) is 44.9 Å². The van der Waals surface area contributed by atoms with Crippen LogP contribution < -0.4 is 5.32 Å². The Hall–Kier alpha value is -2.13. The zero-order valence-corrected chi connectivity index (χ0v) is 14.8. The maximum Gasteiger partial charge on any atom is 0.239 e. The molecule has 1 aliphatic rings.